The number of carbonyl (C=O) groups excluding carboxylic acids is 2. The van der Waals surface area contributed by atoms with Crippen molar-refractivity contribution in [2.24, 2.45) is 0 Å². The molecule has 1 aliphatic heterocycles. The first kappa shape index (κ1) is 19.7. The molecule has 1 aliphatic rings. The van der Waals surface area contributed by atoms with Gasteiger partial charge in [0.2, 0.25) is 18.6 Å². The van der Waals surface area contributed by atoms with Crippen LogP contribution >= 0.6 is 0 Å². The number of benzene rings is 2. The summed E-state index contributed by atoms with van der Waals surface area (Å²) in [5.41, 5.74) is 2.05. The molecule has 0 bridgehead atoms. The van der Waals surface area contributed by atoms with Gasteiger partial charge in [0.25, 0.3) is 0 Å². The SMILES string of the molecule is CCN(Cc1ccccc1)C(=O)CCN(Cc1ccc2c(c1)OCO2)C(C)=O. The van der Waals surface area contributed by atoms with Crippen LogP contribution in [0.25, 0.3) is 0 Å². The summed E-state index contributed by atoms with van der Waals surface area (Å²) in [6.07, 6.45) is 0.296. The predicted molar refractivity (Wildman–Crippen MR) is 106 cm³/mol. The van der Waals surface area contributed by atoms with Crippen LogP contribution in [0.5, 0.6) is 11.5 Å². The molecule has 6 heteroatoms. The van der Waals surface area contributed by atoms with Crippen LogP contribution in [0.1, 0.15) is 31.4 Å². The van der Waals surface area contributed by atoms with E-state index in [1.165, 1.54) is 6.92 Å². The third kappa shape index (κ3) is 5.03. The van der Waals surface area contributed by atoms with E-state index in [4.69, 9.17) is 9.47 Å². The van der Waals surface area contributed by atoms with Crippen molar-refractivity contribution in [3.63, 3.8) is 0 Å². The molecule has 3 rings (SSSR count). The van der Waals surface area contributed by atoms with E-state index in [9.17, 15) is 9.59 Å². The van der Waals surface area contributed by atoms with E-state index < -0.39 is 0 Å². The second-order valence-electron chi connectivity index (χ2n) is 6.77. The smallest absolute Gasteiger partial charge is 0.231 e. The molecule has 0 N–H and O–H groups in total. The highest BCUT2D eigenvalue weighted by atomic mass is 16.7. The predicted octanol–water partition coefficient (Wildman–Crippen LogP) is 3.20. The lowest BCUT2D eigenvalue weighted by molar-refractivity contribution is -0.134. The fourth-order valence-corrected chi connectivity index (χ4v) is 3.18. The molecule has 2 amide bonds. The Bertz CT molecular complexity index is 823. The second kappa shape index (κ2) is 9.26. The average molecular weight is 382 g/mol. The van der Waals surface area contributed by atoms with E-state index in [1.54, 1.807) is 4.90 Å². The first-order valence-electron chi connectivity index (χ1n) is 9.52. The van der Waals surface area contributed by atoms with E-state index in [2.05, 4.69) is 0 Å². The van der Waals surface area contributed by atoms with Gasteiger partial charge in [-0.25, -0.2) is 0 Å². The van der Waals surface area contributed by atoms with Gasteiger partial charge in [0.1, 0.15) is 0 Å². The first-order chi connectivity index (χ1) is 13.6. The van der Waals surface area contributed by atoms with Gasteiger partial charge in [0.05, 0.1) is 0 Å². The first-order valence-corrected chi connectivity index (χ1v) is 9.52. The molecule has 28 heavy (non-hydrogen) atoms. The molecule has 0 aromatic heterocycles. The number of hydrogen-bond acceptors (Lipinski definition) is 4. The number of ether oxygens (including phenoxy) is 2. The molecule has 0 aliphatic carbocycles. The molecule has 1 heterocycles. The Labute approximate surface area is 165 Å². The highest BCUT2D eigenvalue weighted by Gasteiger charge is 2.18. The maximum Gasteiger partial charge on any atom is 0.231 e. The molecule has 0 radical (unpaired) electrons. The van der Waals surface area contributed by atoms with Gasteiger partial charge >= 0.3 is 0 Å². The number of hydrogen-bond donors (Lipinski definition) is 0. The Balaban J connectivity index is 1.57. The molecular formula is C22H26N2O4. The average Bonchev–Trinajstić information content (AvgIpc) is 3.17. The Morgan fingerprint density at radius 2 is 1.64 bits per heavy atom. The number of rotatable bonds is 8. The van der Waals surface area contributed by atoms with Gasteiger partial charge in [-0.3, -0.25) is 9.59 Å². The quantitative estimate of drug-likeness (QED) is 0.703. The molecule has 148 valence electrons. The number of fused-ring (bicyclic) bond motifs is 1. The van der Waals surface area contributed by atoms with E-state index in [1.807, 2.05) is 60.4 Å². The molecule has 0 spiro atoms. The van der Waals surface area contributed by atoms with Crippen LogP contribution in [0.2, 0.25) is 0 Å². The zero-order valence-corrected chi connectivity index (χ0v) is 16.4. The lowest BCUT2D eigenvalue weighted by Gasteiger charge is -2.25. The maximum absolute atomic E-state index is 12.7. The zero-order valence-electron chi connectivity index (χ0n) is 16.4. The molecule has 0 fully saturated rings. The van der Waals surface area contributed by atoms with Crippen LogP contribution in [0.3, 0.4) is 0 Å². The Hall–Kier alpha value is -3.02. The van der Waals surface area contributed by atoms with Crippen LogP contribution in [0.15, 0.2) is 48.5 Å². The number of carbonyl (C=O) groups is 2. The summed E-state index contributed by atoms with van der Waals surface area (Å²) < 4.78 is 10.7. The van der Waals surface area contributed by atoms with Crippen molar-refractivity contribution in [2.75, 3.05) is 19.9 Å². The molecule has 6 nitrogen and oxygen atoms in total. The van der Waals surface area contributed by atoms with Crippen LogP contribution < -0.4 is 9.47 Å². The Morgan fingerprint density at radius 1 is 0.929 bits per heavy atom. The number of nitrogens with zero attached hydrogens (tertiary/aromatic N) is 2. The van der Waals surface area contributed by atoms with Gasteiger partial charge < -0.3 is 19.3 Å². The van der Waals surface area contributed by atoms with Crippen molar-refractivity contribution < 1.29 is 19.1 Å². The van der Waals surface area contributed by atoms with E-state index in [0.29, 0.717) is 44.1 Å². The minimum atomic E-state index is -0.0587. The summed E-state index contributed by atoms with van der Waals surface area (Å²) in [5, 5.41) is 0. The van der Waals surface area contributed by atoms with Crippen LogP contribution in [-0.2, 0) is 22.7 Å². The van der Waals surface area contributed by atoms with Crippen molar-refractivity contribution in [2.45, 2.75) is 33.4 Å². The lowest BCUT2D eigenvalue weighted by atomic mass is 10.1. The van der Waals surface area contributed by atoms with Gasteiger partial charge in [-0.1, -0.05) is 36.4 Å². The normalized spacial score (nSPS) is 11.9. The fourth-order valence-electron chi connectivity index (χ4n) is 3.18. The highest BCUT2D eigenvalue weighted by molar-refractivity contribution is 5.78. The molecule has 0 saturated carbocycles. The summed E-state index contributed by atoms with van der Waals surface area (Å²) in [7, 11) is 0. The summed E-state index contributed by atoms with van der Waals surface area (Å²) >= 11 is 0. The third-order valence-corrected chi connectivity index (χ3v) is 4.80. The van der Waals surface area contributed by atoms with Crippen LogP contribution in [-0.4, -0.2) is 41.5 Å². The van der Waals surface area contributed by atoms with Gasteiger partial charge in [0, 0.05) is 39.5 Å². The van der Waals surface area contributed by atoms with E-state index >= 15 is 0 Å². The lowest BCUT2D eigenvalue weighted by Crippen LogP contribution is -2.35. The van der Waals surface area contributed by atoms with Crippen LogP contribution in [0, 0.1) is 0 Å². The maximum atomic E-state index is 12.7. The van der Waals surface area contributed by atoms with E-state index in [0.717, 1.165) is 11.1 Å². The van der Waals surface area contributed by atoms with Gasteiger partial charge in [-0.05, 0) is 30.2 Å². The summed E-state index contributed by atoms with van der Waals surface area (Å²) in [4.78, 5) is 28.2. The summed E-state index contributed by atoms with van der Waals surface area (Å²) in [5.74, 6) is 1.39. The minimum absolute atomic E-state index is 0.0447. The zero-order chi connectivity index (χ0) is 19.9. The Morgan fingerprint density at radius 3 is 2.36 bits per heavy atom. The van der Waals surface area contributed by atoms with E-state index in [-0.39, 0.29) is 18.6 Å². The van der Waals surface area contributed by atoms with Gasteiger partial charge in [-0.2, -0.15) is 0 Å². The van der Waals surface area contributed by atoms with Crippen molar-refractivity contribution >= 4 is 11.8 Å². The molecular weight excluding hydrogens is 356 g/mol. The third-order valence-electron chi connectivity index (χ3n) is 4.80. The second-order valence-corrected chi connectivity index (χ2v) is 6.77. The van der Waals surface area contributed by atoms with Gasteiger partial charge in [-0.15, -0.1) is 0 Å². The monoisotopic (exact) mass is 382 g/mol. The van der Waals surface area contributed by atoms with Crippen LogP contribution in [0.4, 0.5) is 0 Å². The fraction of sp³-hybridized carbons (Fsp3) is 0.364. The molecule has 2 aromatic rings. The molecule has 0 unspecified atom stereocenters. The minimum Gasteiger partial charge on any atom is -0.454 e. The summed E-state index contributed by atoms with van der Waals surface area (Å²) in [6, 6.07) is 15.6. The van der Waals surface area contributed by atoms with Crippen molar-refractivity contribution in [3.8, 4) is 11.5 Å². The molecule has 2 aromatic carbocycles. The summed E-state index contributed by atoms with van der Waals surface area (Å²) in [6.45, 7) is 5.75. The van der Waals surface area contributed by atoms with Gasteiger partial charge in [0.15, 0.2) is 11.5 Å². The molecule has 0 atom stereocenters. The van der Waals surface area contributed by atoms with Crippen molar-refractivity contribution in [3.05, 3.63) is 59.7 Å². The molecule has 0 saturated heterocycles. The standard InChI is InChI=1S/C22H26N2O4/c1-3-23(14-18-7-5-4-6-8-18)22(26)11-12-24(17(2)25)15-19-9-10-20-21(13-19)28-16-27-20/h4-10,13H,3,11-12,14-16H2,1-2H3. The largest absolute Gasteiger partial charge is 0.454 e. The number of amides is 2. The topological polar surface area (TPSA) is 59.1 Å². The van der Waals surface area contributed by atoms with Crippen molar-refractivity contribution in [1.82, 2.24) is 9.80 Å². The van der Waals surface area contributed by atoms with Crippen molar-refractivity contribution in [1.29, 1.82) is 0 Å². The Kier molecular flexibility index (Phi) is 6.53. The highest BCUT2D eigenvalue weighted by Crippen LogP contribution is 2.32.